The molecule has 1 aromatic carbocycles. The molecule has 0 aliphatic carbocycles. The molecule has 1 rings (SSSR count). The van der Waals surface area contributed by atoms with Crippen LogP contribution >= 0.6 is 0 Å². The van der Waals surface area contributed by atoms with Crippen LogP contribution in [0.1, 0.15) is 27.2 Å². The van der Waals surface area contributed by atoms with E-state index in [2.05, 4.69) is 4.72 Å². The zero-order valence-corrected chi connectivity index (χ0v) is 12.5. The first-order valence-electron chi connectivity index (χ1n) is 6.25. The topological polar surface area (TPSA) is 115 Å². The number of non-ortho nitro benzene ring substituents is 1. The van der Waals surface area contributed by atoms with Crippen molar-refractivity contribution in [1.29, 1.82) is 0 Å². The summed E-state index contributed by atoms with van der Waals surface area (Å²) in [6, 6.07) is 3.07. The van der Waals surface area contributed by atoms with Crippen LogP contribution in [0, 0.1) is 16.0 Å². The largest absolute Gasteiger partial charge is 0.397 e. The van der Waals surface area contributed by atoms with Crippen LogP contribution in [0.3, 0.4) is 0 Å². The Morgan fingerprint density at radius 3 is 2.45 bits per heavy atom. The van der Waals surface area contributed by atoms with E-state index in [-0.39, 0.29) is 28.2 Å². The fraction of sp³-hybridized carbons (Fsp3) is 0.500. The molecule has 0 saturated carbocycles. The van der Waals surface area contributed by atoms with Crippen LogP contribution in [0.4, 0.5) is 11.4 Å². The zero-order valence-electron chi connectivity index (χ0n) is 11.7. The third kappa shape index (κ3) is 3.67. The van der Waals surface area contributed by atoms with E-state index in [1.165, 1.54) is 0 Å². The predicted octanol–water partition coefficient (Wildman–Crippen LogP) is 1.89. The Morgan fingerprint density at radius 2 is 2.00 bits per heavy atom. The van der Waals surface area contributed by atoms with Crippen molar-refractivity contribution in [2.24, 2.45) is 5.92 Å². The highest BCUT2D eigenvalue weighted by atomic mass is 32.2. The third-order valence-electron chi connectivity index (χ3n) is 3.33. The average molecular weight is 301 g/mol. The maximum absolute atomic E-state index is 12.2. The lowest BCUT2D eigenvalue weighted by atomic mass is 10.0. The van der Waals surface area contributed by atoms with Crippen LogP contribution < -0.4 is 10.5 Å². The van der Waals surface area contributed by atoms with Gasteiger partial charge >= 0.3 is 0 Å². The molecule has 0 saturated heterocycles. The number of hydrogen-bond acceptors (Lipinski definition) is 5. The summed E-state index contributed by atoms with van der Waals surface area (Å²) in [5.74, 6) is 0.170. The number of sulfonamides is 1. The number of nitrogens with zero attached hydrogens (tertiary/aromatic N) is 1. The van der Waals surface area contributed by atoms with Crippen molar-refractivity contribution in [2.45, 2.75) is 38.1 Å². The summed E-state index contributed by atoms with van der Waals surface area (Å²) in [7, 11) is -3.79. The molecule has 0 aliphatic rings. The van der Waals surface area contributed by atoms with E-state index in [9.17, 15) is 18.5 Å². The van der Waals surface area contributed by atoms with Crippen LogP contribution in [0.5, 0.6) is 0 Å². The Hall–Kier alpha value is -1.67. The van der Waals surface area contributed by atoms with Crippen molar-refractivity contribution >= 4 is 21.4 Å². The summed E-state index contributed by atoms with van der Waals surface area (Å²) in [6.07, 6.45) is 0.833. The van der Waals surface area contributed by atoms with Gasteiger partial charge in [-0.05, 0) is 18.9 Å². The number of rotatable bonds is 6. The average Bonchev–Trinajstić information content (AvgIpc) is 2.36. The first-order valence-corrected chi connectivity index (χ1v) is 7.73. The molecule has 0 aliphatic heterocycles. The summed E-state index contributed by atoms with van der Waals surface area (Å²) in [5, 5.41) is 10.6. The second kappa shape index (κ2) is 6.19. The number of benzene rings is 1. The van der Waals surface area contributed by atoms with Gasteiger partial charge in [-0.1, -0.05) is 20.3 Å². The summed E-state index contributed by atoms with van der Waals surface area (Å²) < 4.78 is 26.9. The summed E-state index contributed by atoms with van der Waals surface area (Å²) >= 11 is 0. The van der Waals surface area contributed by atoms with Gasteiger partial charge in [0.05, 0.1) is 10.6 Å². The molecule has 20 heavy (non-hydrogen) atoms. The van der Waals surface area contributed by atoms with Crippen molar-refractivity contribution in [1.82, 2.24) is 4.72 Å². The zero-order chi connectivity index (χ0) is 15.5. The van der Waals surface area contributed by atoms with Crippen molar-refractivity contribution in [3.05, 3.63) is 28.3 Å². The molecule has 2 atom stereocenters. The van der Waals surface area contributed by atoms with Crippen molar-refractivity contribution in [3.63, 3.8) is 0 Å². The van der Waals surface area contributed by atoms with Gasteiger partial charge in [0, 0.05) is 18.2 Å². The molecule has 112 valence electrons. The van der Waals surface area contributed by atoms with Crippen LogP contribution in [0.15, 0.2) is 23.1 Å². The maximum Gasteiger partial charge on any atom is 0.271 e. The summed E-state index contributed by atoms with van der Waals surface area (Å²) in [5.41, 5.74) is 5.23. The quantitative estimate of drug-likeness (QED) is 0.473. The molecule has 0 amide bonds. The van der Waals surface area contributed by atoms with E-state index < -0.39 is 14.9 Å². The van der Waals surface area contributed by atoms with Gasteiger partial charge in [-0.25, -0.2) is 13.1 Å². The van der Waals surface area contributed by atoms with Gasteiger partial charge in [-0.3, -0.25) is 10.1 Å². The molecule has 7 nitrogen and oxygen atoms in total. The molecular weight excluding hydrogens is 282 g/mol. The molecule has 0 bridgehead atoms. The van der Waals surface area contributed by atoms with Gasteiger partial charge in [0.1, 0.15) is 4.90 Å². The van der Waals surface area contributed by atoms with Crippen molar-refractivity contribution < 1.29 is 13.3 Å². The summed E-state index contributed by atoms with van der Waals surface area (Å²) in [4.78, 5) is 9.84. The lowest BCUT2D eigenvalue weighted by Gasteiger charge is -2.20. The minimum absolute atomic E-state index is 0.136. The highest BCUT2D eigenvalue weighted by Gasteiger charge is 2.23. The molecule has 8 heteroatoms. The van der Waals surface area contributed by atoms with Gasteiger partial charge in [0.15, 0.2) is 0 Å². The molecule has 2 unspecified atom stereocenters. The number of nitro benzene ring substituents is 1. The standard InChI is InChI=1S/C12H19N3O4S/c1-4-8(2)9(3)14-20(18,19)12-6-5-10(15(16)17)7-11(12)13/h5-9,14H,4,13H2,1-3H3. The van der Waals surface area contributed by atoms with Crippen LogP contribution in [0.2, 0.25) is 0 Å². The van der Waals surface area contributed by atoms with Gasteiger partial charge < -0.3 is 5.73 Å². The first kappa shape index (κ1) is 16.4. The fourth-order valence-corrected chi connectivity index (χ4v) is 3.14. The van der Waals surface area contributed by atoms with E-state index in [0.29, 0.717) is 0 Å². The number of hydrogen-bond donors (Lipinski definition) is 2. The Morgan fingerprint density at radius 1 is 1.40 bits per heavy atom. The third-order valence-corrected chi connectivity index (χ3v) is 4.97. The molecule has 0 heterocycles. The Bertz CT molecular complexity index is 601. The Labute approximate surface area is 118 Å². The minimum Gasteiger partial charge on any atom is -0.397 e. The van der Waals surface area contributed by atoms with Gasteiger partial charge in [-0.2, -0.15) is 0 Å². The monoisotopic (exact) mass is 301 g/mol. The minimum atomic E-state index is -3.79. The number of nitro groups is 1. The SMILES string of the molecule is CCC(C)C(C)NS(=O)(=O)c1ccc([N+](=O)[O-])cc1N. The van der Waals surface area contributed by atoms with Crippen molar-refractivity contribution in [3.8, 4) is 0 Å². The Balaban J connectivity index is 3.07. The molecular formula is C12H19N3O4S. The number of nitrogens with two attached hydrogens (primary N) is 1. The normalized spacial score (nSPS) is 14.8. The van der Waals surface area contributed by atoms with E-state index >= 15 is 0 Å². The van der Waals surface area contributed by atoms with Gasteiger partial charge in [0.25, 0.3) is 5.69 Å². The van der Waals surface area contributed by atoms with E-state index in [0.717, 1.165) is 24.6 Å². The number of nitrogen functional groups attached to an aromatic ring is 1. The molecule has 1 aromatic rings. The van der Waals surface area contributed by atoms with Crippen molar-refractivity contribution in [2.75, 3.05) is 5.73 Å². The summed E-state index contributed by atoms with van der Waals surface area (Å²) in [6.45, 7) is 5.68. The molecule has 0 aromatic heterocycles. The van der Waals surface area contributed by atoms with Gasteiger partial charge in [0.2, 0.25) is 10.0 Å². The fourth-order valence-electron chi connectivity index (χ4n) is 1.67. The highest BCUT2D eigenvalue weighted by molar-refractivity contribution is 7.89. The number of nitrogens with one attached hydrogen (secondary N) is 1. The van der Waals surface area contributed by atoms with Crippen LogP contribution in [0.25, 0.3) is 0 Å². The van der Waals surface area contributed by atoms with Crippen LogP contribution in [-0.2, 0) is 10.0 Å². The second-order valence-electron chi connectivity index (χ2n) is 4.77. The molecule has 3 N–H and O–H groups in total. The van der Waals surface area contributed by atoms with E-state index in [4.69, 9.17) is 5.73 Å². The first-order chi connectivity index (χ1) is 9.19. The molecule has 0 spiro atoms. The smallest absolute Gasteiger partial charge is 0.271 e. The predicted molar refractivity (Wildman–Crippen MR) is 76.7 cm³/mol. The molecule has 0 radical (unpaired) electrons. The number of anilines is 1. The van der Waals surface area contributed by atoms with E-state index in [1.54, 1.807) is 6.92 Å². The lowest BCUT2D eigenvalue weighted by molar-refractivity contribution is -0.384. The molecule has 0 fully saturated rings. The van der Waals surface area contributed by atoms with Gasteiger partial charge in [-0.15, -0.1) is 0 Å². The van der Waals surface area contributed by atoms with Crippen LogP contribution in [-0.4, -0.2) is 19.4 Å². The van der Waals surface area contributed by atoms with E-state index in [1.807, 2.05) is 13.8 Å². The lowest BCUT2D eigenvalue weighted by Crippen LogP contribution is -2.37. The maximum atomic E-state index is 12.2. The highest BCUT2D eigenvalue weighted by Crippen LogP contribution is 2.24. The second-order valence-corrected chi connectivity index (χ2v) is 6.46. The Kier molecular flexibility index (Phi) is 5.07.